The van der Waals surface area contributed by atoms with Gasteiger partial charge in [-0.25, -0.2) is 4.39 Å². The highest BCUT2D eigenvalue weighted by Crippen LogP contribution is 2.41. The van der Waals surface area contributed by atoms with Crippen LogP contribution >= 0.6 is 11.6 Å². The summed E-state index contributed by atoms with van der Waals surface area (Å²) in [4.78, 5) is 15.0. The van der Waals surface area contributed by atoms with Crippen molar-refractivity contribution in [3.8, 4) is 17.2 Å². The Morgan fingerprint density at radius 2 is 1.69 bits per heavy atom. The standard InChI is InChI=1S/C25H23ClFNO4/c1-30-22-13-17-11-12-28(24(29)15-32-20-9-5-18(26)6-10-20)25(21(17)14-23(22)31-2)16-3-7-19(27)8-4-16/h3-10,13-14,25H,11-12,15H2,1-2H3/t25-/m0/s1. The molecule has 7 heteroatoms. The van der Waals surface area contributed by atoms with Gasteiger partial charge >= 0.3 is 0 Å². The van der Waals surface area contributed by atoms with Gasteiger partial charge in [0.2, 0.25) is 0 Å². The van der Waals surface area contributed by atoms with Crippen molar-refractivity contribution in [2.45, 2.75) is 12.5 Å². The van der Waals surface area contributed by atoms with Gasteiger partial charge in [-0.05, 0) is 71.6 Å². The number of ether oxygens (including phenoxy) is 3. The quantitative estimate of drug-likeness (QED) is 0.522. The van der Waals surface area contributed by atoms with E-state index < -0.39 is 6.04 Å². The van der Waals surface area contributed by atoms with Crippen LogP contribution in [0.1, 0.15) is 22.7 Å². The molecule has 4 rings (SSSR count). The minimum Gasteiger partial charge on any atom is -0.493 e. The topological polar surface area (TPSA) is 48.0 Å². The normalized spacial score (nSPS) is 15.1. The fraction of sp³-hybridized carbons (Fsp3) is 0.240. The van der Waals surface area contributed by atoms with E-state index in [2.05, 4.69) is 0 Å². The van der Waals surface area contributed by atoms with Gasteiger partial charge in [-0.2, -0.15) is 0 Å². The van der Waals surface area contributed by atoms with E-state index in [4.69, 9.17) is 25.8 Å². The van der Waals surface area contributed by atoms with Crippen molar-refractivity contribution in [2.24, 2.45) is 0 Å². The summed E-state index contributed by atoms with van der Waals surface area (Å²) in [6, 6.07) is 16.5. The van der Waals surface area contributed by atoms with Crippen LogP contribution in [0.15, 0.2) is 60.7 Å². The lowest BCUT2D eigenvalue weighted by molar-refractivity contribution is -0.135. The van der Waals surface area contributed by atoms with Crippen molar-refractivity contribution in [3.05, 3.63) is 88.2 Å². The average Bonchev–Trinajstić information content (AvgIpc) is 2.82. The van der Waals surface area contributed by atoms with Gasteiger partial charge in [0.05, 0.1) is 20.3 Å². The molecule has 0 saturated carbocycles. The summed E-state index contributed by atoms with van der Waals surface area (Å²) in [5.74, 6) is 1.26. The Morgan fingerprint density at radius 1 is 1.03 bits per heavy atom. The fourth-order valence-electron chi connectivity index (χ4n) is 3.98. The first-order valence-electron chi connectivity index (χ1n) is 10.2. The van der Waals surface area contributed by atoms with Gasteiger partial charge in [0.25, 0.3) is 5.91 Å². The zero-order valence-corrected chi connectivity index (χ0v) is 18.6. The van der Waals surface area contributed by atoms with Crippen molar-refractivity contribution in [2.75, 3.05) is 27.4 Å². The van der Waals surface area contributed by atoms with Gasteiger partial charge in [-0.15, -0.1) is 0 Å². The van der Waals surface area contributed by atoms with E-state index in [-0.39, 0.29) is 18.3 Å². The molecular formula is C25H23ClFNO4. The van der Waals surface area contributed by atoms with Crippen LogP contribution in [0, 0.1) is 5.82 Å². The van der Waals surface area contributed by atoms with Crippen LogP contribution in [0.3, 0.4) is 0 Å². The highest BCUT2D eigenvalue weighted by atomic mass is 35.5. The molecule has 1 aliphatic rings. The van der Waals surface area contributed by atoms with Crippen LogP contribution in [0.2, 0.25) is 5.02 Å². The first kappa shape index (κ1) is 22.0. The van der Waals surface area contributed by atoms with E-state index in [1.807, 2.05) is 12.1 Å². The van der Waals surface area contributed by atoms with E-state index in [0.717, 1.165) is 16.7 Å². The molecule has 0 spiro atoms. The minimum absolute atomic E-state index is 0.123. The fourth-order valence-corrected chi connectivity index (χ4v) is 4.10. The Kier molecular flexibility index (Phi) is 6.51. The van der Waals surface area contributed by atoms with Crippen molar-refractivity contribution in [1.29, 1.82) is 0 Å². The Balaban J connectivity index is 1.67. The number of carbonyl (C=O) groups excluding carboxylic acids is 1. The van der Waals surface area contributed by atoms with Gasteiger partial charge < -0.3 is 19.1 Å². The number of benzene rings is 3. The third kappa shape index (κ3) is 4.50. The number of halogens is 2. The lowest BCUT2D eigenvalue weighted by Gasteiger charge is -2.38. The number of nitrogens with zero attached hydrogens (tertiary/aromatic N) is 1. The van der Waals surface area contributed by atoms with Gasteiger partial charge in [0, 0.05) is 11.6 Å². The number of hydrogen-bond donors (Lipinski definition) is 0. The second-order valence-electron chi connectivity index (χ2n) is 7.44. The first-order valence-corrected chi connectivity index (χ1v) is 10.6. The molecule has 5 nitrogen and oxygen atoms in total. The molecule has 0 aromatic heterocycles. The van der Waals surface area contributed by atoms with Gasteiger partial charge in [-0.1, -0.05) is 23.7 Å². The van der Waals surface area contributed by atoms with Crippen LogP contribution in [-0.2, 0) is 11.2 Å². The summed E-state index contributed by atoms with van der Waals surface area (Å²) < 4.78 is 30.2. The number of methoxy groups -OCH3 is 2. The summed E-state index contributed by atoms with van der Waals surface area (Å²) in [7, 11) is 3.16. The number of carbonyl (C=O) groups is 1. The third-order valence-corrected chi connectivity index (χ3v) is 5.81. The van der Waals surface area contributed by atoms with Crippen molar-refractivity contribution < 1.29 is 23.4 Å². The highest BCUT2D eigenvalue weighted by Gasteiger charge is 2.33. The third-order valence-electron chi connectivity index (χ3n) is 5.56. The molecular weight excluding hydrogens is 433 g/mol. The molecule has 1 amide bonds. The second-order valence-corrected chi connectivity index (χ2v) is 7.88. The molecule has 1 aliphatic heterocycles. The summed E-state index contributed by atoms with van der Waals surface area (Å²) in [6.07, 6.45) is 0.653. The van der Waals surface area contributed by atoms with Crippen LogP contribution < -0.4 is 14.2 Å². The molecule has 3 aromatic carbocycles. The molecule has 166 valence electrons. The van der Waals surface area contributed by atoms with Crippen molar-refractivity contribution in [3.63, 3.8) is 0 Å². The smallest absolute Gasteiger partial charge is 0.261 e. The van der Waals surface area contributed by atoms with Crippen LogP contribution in [-0.4, -0.2) is 38.2 Å². The zero-order chi connectivity index (χ0) is 22.7. The lowest BCUT2D eigenvalue weighted by atomic mass is 9.87. The van der Waals surface area contributed by atoms with Gasteiger partial charge in [0.1, 0.15) is 11.6 Å². The zero-order valence-electron chi connectivity index (χ0n) is 17.8. The predicted molar refractivity (Wildman–Crippen MR) is 120 cm³/mol. The van der Waals surface area contributed by atoms with E-state index in [9.17, 15) is 9.18 Å². The Bertz CT molecular complexity index is 1100. The van der Waals surface area contributed by atoms with E-state index in [1.165, 1.54) is 12.1 Å². The van der Waals surface area contributed by atoms with Crippen LogP contribution in [0.25, 0.3) is 0 Å². The van der Waals surface area contributed by atoms with Crippen LogP contribution in [0.5, 0.6) is 17.2 Å². The first-order chi connectivity index (χ1) is 15.5. The minimum atomic E-state index is -0.402. The molecule has 0 saturated heterocycles. The number of amides is 1. The molecule has 1 heterocycles. The van der Waals surface area contributed by atoms with E-state index >= 15 is 0 Å². The lowest BCUT2D eigenvalue weighted by Crippen LogP contribution is -2.43. The Morgan fingerprint density at radius 3 is 2.34 bits per heavy atom. The maximum absolute atomic E-state index is 13.6. The summed E-state index contributed by atoms with van der Waals surface area (Å²) in [5, 5.41) is 0.595. The van der Waals surface area contributed by atoms with Crippen molar-refractivity contribution >= 4 is 17.5 Å². The molecule has 3 aromatic rings. The summed E-state index contributed by atoms with van der Waals surface area (Å²) in [5.41, 5.74) is 2.78. The molecule has 0 bridgehead atoms. The number of rotatable bonds is 6. The Hall–Kier alpha value is -3.25. The van der Waals surface area contributed by atoms with Crippen molar-refractivity contribution in [1.82, 2.24) is 4.90 Å². The van der Waals surface area contributed by atoms with E-state index in [1.54, 1.807) is 55.5 Å². The molecule has 0 radical (unpaired) electrons. The molecule has 0 N–H and O–H groups in total. The average molecular weight is 456 g/mol. The summed E-state index contributed by atoms with van der Waals surface area (Å²) in [6.45, 7) is 0.370. The molecule has 0 unspecified atom stereocenters. The molecule has 0 aliphatic carbocycles. The predicted octanol–water partition coefficient (Wildman–Crippen LogP) is 5.05. The maximum atomic E-state index is 13.6. The molecule has 32 heavy (non-hydrogen) atoms. The van der Waals surface area contributed by atoms with Gasteiger partial charge in [0.15, 0.2) is 18.1 Å². The monoisotopic (exact) mass is 455 g/mol. The summed E-state index contributed by atoms with van der Waals surface area (Å²) >= 11 is 5.91. The highest BCUT2D eigenvalue weighted by molar-refractivity contribution is 6.30. The molecule has 1 atom stereocenters. The molecule has 0 fully saturated rings. The second kappa shape index (κ2) is 9.49. The SMILES string of the molecule is COc1cc2c(cc1OC)[C@H](c1ccc(F)cc1)N(C(=O)COc1ccc(Cl)cc1)CC2. The number of fused-ring (bicyclic) bond motifs is 1. The van der Waals surface area contributed by atoms with Gasteiger partial charge in [-0.3, -0.25) is 4.79 Å². The van der Waals surface area contributed by atoms with Crippen LogP contribution in [0.4, 0.5) is 4.39 Å². The largest absolute Gasteiger partial charge is 0.493 e. The Labute approximate surface area is 191 Å². The maximum Gasteiger partial charge on any atom is 0.261 e. The number of hydrogen-bond acceptors (Lipinski definition) is 4. The van der Waals surface area contributed by atoms with E-state index in [0.29, 0.717) is 35.2 Å².